The first kappa shape index (κ1) is 20.4. The van der Waals surface area contributed by atoms with Crippen molar-refractivity contribution in [3.63, 3.8) is 0 Å². The molecule has 1 unspecified atom stereocenters. The highest BCUT2D eigenvalue weighted by Gasteiger charge is 2.71. The van der Waals surface area contributed by atoms with Crippen LogP contribution in [0.4, 0.5) is 0 Å². The fraction of sp³-hybridized carbons (Fsp3) is 0.737. The lowest BCUT2D eigenvalue weighted by molar-refractivity contribution is -0.143. The zero-order chi connectivity index (χ0) is 19.7. The number of fused-ring (bicyclic) bond motifs is 1. The van der Waals surface area contributed by atoms with E-state index in [0.29, 0.717) is 13.0 Å². The molecule has 27 heavy (non-hydrogen) atoms. The van der Waals surface area contributed by atoms with Crippen molar-refractivity contribution in [2.45, 2.75) is 56.3 Å². The number of amides is 1. The minimum atomic E-state index is -1.53. The Labute approximate surface area is 163 Å². The summed E-state index contributed by atoms with van der Waals surface area (Å²) in [6, 6.07) is 0. The number of carbonyl (C=O) groups excluding carboxylic acids is 3. The summed E-state index contributed by atoms with van der Waals surface area (Å²) in [5.41, 5.74) is -2.64. The molecule has 7 nitrogen and oxygen atoms in total. The highest BCUT2D eigenvalue weighted by molar-refractivity contribution is 8.13. The summed E-state index contributed by atoms with van der Waals surface area (Å²) >= 11 is 0.940. The molecule has 0 radical (unpaired) electrons. The van der Waals surface area contributed by atoms with Crippen molar-refractivity contribution >= 4 is 28.8 Å². The first-order chi connectivity index (χ1) is 12.9. The standard InChI is InChI=1S/C19H27NO6S/c1-18-13(8-10-26-18)16(23)20-19(18,15(22)12-6-4-3-5-7-12)17(24)27-11-9-14(21)25-2/h4,6,12-13,15,22H,3,5,7-11H2,1-2H3,(H,20,23)/t12-,13+,15+,18+,19?/m1/s1. The molecular formula is C19H27NO6S. The molecule has 3 aliphatic rings. The van der Waals surface area contributed by atoms with Gasteiger partial charge in [-0.25, -0.2) is 0 Å². The number of thioether (sulfide) groups is 1. The molecule has 2 saturated heterocycles. The Balaban J connectivity index is 1.90. The number of ether oxygens (including phenoxy) is 2. The van der Waals surface area contributed by atoms with Gasteiger partial charge in [0.15, 0.2) is 5.54 Å². The molecule has 0 aromatic carbocycles. The number of aliphatic hydroxyl groups is 1. The van der Waals surface area contributed by atoms with Crippen molar-refractivity contribution in [2.24, 2.45) is 11.8 Å². The Hall–Kier alpha value is -1.38. The number of hydrogen-bond acceptors (Lipinski definition) is 7. The van der Waals surface area contributed by atoms with Crippen LogP contribution in [0.25, 0.3) is 0 Å². The minimum absolute atomic E-state index is 0.0807. The van der Waals surface area contributed by atoms with Crippen LogP contribution >= 0.6 is 11.8 Å². The van der Waals surface area contributed by atoms with E-state index < -0.39 is 29.1 Å². The Morgan fingerprint density at radius 1 is 1.48 bits per heavy atom. The van der Waals surface area contributed by atoms with Crippen LogP contribution in [0.2, 0.25) is 0 Å². The van der Waals surface area contributed by atoms with E-state index in [1.165, 1.54) is 7.11 Å². The van der Waals surface area contributed by atoms with Gasteiger partial charge in [-0.2, -0.15) is 0 Å². The summed E-state index contributed by atoms with van der Waals surface area (Å²) in [4.78, 5) is 37.4. The van der Waals surface area contributed by atoms with E-state index >= 15 is 0 Å². The van der Waals surface area contributed by atoms with Gasteiger partial charge in [-0.15, -0.1) is 0 Å². The molecular weight excluding hydrogens is 370 g/mol. The quantitative estimate of drug-likeness (QED) is 0.513. The van der Waals surface area contributed by atoms with E-state index in [9.17, 15) is 19.5 Å². The third kappa shape index (κ3) is 3.32. The van der Waals surface area contributed by atoms with Crippen LogP contribution in [0.5, 0.6) is 0 Å². The Kier molecular flexibility index (Phi) is 5.98. The smallest absolute Gasteiger partial charge is 0.306 e. The number of allylic oxidation sites excluding steroid dienone is 1. The molecule has 0 aromatic rings. The van der Waals surface area contributed by atoms with Gasteiger partial charge in [0.1, 0.15) is 5.60 Å². The van der Waals surface area contributed by atoms with Crippen molar-refractivity contribution in [2.75, 3.05) is 19.5 Å². The molecule has 3 rings (SSSR count). The molecule has 2 aliphatic heterocycles. The van der Waals surface area contributed by atoms with Gasteiger partial charge in [0.2, 0.25) is 11.0 Å². The fourth-order valence-electron chi connectivity index (χ4n) is 4.55. The summed E-state index contributed by atoms with van der Waals surface area (Å²) in [5.74, 6) is -1.14. The maximum absolute atomic E-state index is 13.3. The summed E-state index contributed by atoms with van der Waals surface area (Å²) in [6.45, 7) is 2.13. The maximum Gasteiger partial charge on any atom is 0.306 e. The average molecular weight is 397 g/mol. The number of nitrogens with one attached hydrogen (secondary N) is 1. The summed E-state index contributed by atoms with van der Waals surface area (Å²) in [5, 5.41) is 13.8. The number of hydrogen-bond donors (Lipinski definition) is 2. The second-order valence-electron chi connectivity index (χ2n) is 7.52. The molecule has 1 amide bonds. The predicted molar refractivity (Wildman–Crippen MR) is 99.9 cm³/mol. The van der Waals surface area contributed by atoms with Crippen molar-refractivity contribution < 1.29 is 29.0 Å². The van der Waals surface area contributed by atoms with Gasteiger partial charge in [-0.05, 0) is 32.6 Å². The number of esters is 1. The largest absolute Gasteiger partial charge is 0.469 e. The van der Waals surface area contributed by atoms with Crippen molar-refractivity contribution in [3.8, 4) is 0 Å². The lowest BCUT2D eigenvalue weighted by atomic mass is 9.69. The second-order valence-corrected chi connectivity index (χ2v) is 8.59. The van der Waals surface area contributed by atoms with Crippen LogP contribution in [-0.4, -0.2) is 58.8 Å². The monoisotopic (exact) mass is 397 g/mol. The summed E-state index contributed by atoms with van der Waals surface area (Å²) in [7, 11) is 1.30. The van der Waals surface area contributed by atoms with Gasteiger partial charge < -0.3 is 19.9 Å². The fourth-order valence-corrected chi connectivity index (χ4v) is 5.60. The van der Waals surface area contributed by atoms with Crippen molar-refractivity contribution in [3.05, 3.63) is 12.2 Å². The third-order valence-corrected chi connectivity index (χ3v) is 7.12. The molecule has 0 saturated carbocycles. The molecule has 8 heteroatoms. The molecule has 0 aromatic heterocycles. The van der Waals surface area contributed by atoms with Gasteiger partial charge in [-0.1, -0.05) is 23.9 Å². The van der Waals surface area contributed by atoms with E-state index in [4.69, 9.17) is 4.74 Å². The van der Waals surface area contributed by atoms with Crippen molar-refractivity contribution in [1.82, 2.24) is 5.32 Å². The molecule has 2 heterocycles. The van der Waals surface area contributed by atoms with E-state index in [2.05, 4.69) is 10.1 Å². The van der Waals surface area contributed by atoms with Crippen LogP contribution in [0, 0.1) is 11.8 Å². The first-order valence-corrected chi connectivity index (χ1v) is 10.4. The van der Waals surface area contributed by atoms with E-state index in [-0.39, 0.29) is 29.1 Å². The lowest BCUT2D eigenvalue weighted by Gasteiger charge is -2.45. The van der Waals surface area contributed by atoms with Gasteiger partial charge in [0, 0.05) is 18.3 Å². The van der Waals surface area contributed by atoms with Gasteiger partial charge in [0.25, 0.3) is 0 Å². The lowest BCUT2D eigenvalue weighted by Crippen LogP contribution is -2.69. The van der Waals surface area contributed by atoms with Crippen LogP contribution < -0.4 is 5.32 Å². The van der Waals surface area contributed by atoms with E-state index in [1.807, 2.05) is 12.2 Å². The number of aliphatic hydroxyl groups excluding tert-OH is 1. The highest BCUT2D eigenvalue weighted by atomic mass is 32.2. The molecule has 1 aliphatic carbocycles. The molecule has 0 spiro atoms. The number of rotatable bonds is 6. The van der Waals surface area contributed by atoms with Crippen LogP contribution in [0.15, 0.2) is 12.2 Å². The minimum Gasteiger partial charge on any atom is -0.469 e. The Bertz CT molecular complexity index is 652. The summed E-state index contributed by atoms with van der Waals surface area (Å²) in [6.07, 6.45) is 6.06. The zero-order valence-electron chi connectivity index (χ0n) is 15.7. The number of carbonyl (C=O) groups is 3. The van der Waals surface area contributed by atoms with Gasteiger partial charge in [-0.3, -0.25) is 14.4 Å². The van der Waals surface area contributed by atoms with Crippen LogP contribution in [0.1, 0.15) is 39.0 Å². The molecule has 5 atom stereocenters. The normalized spacial score (nSPS) is 36.2. The summed E-state index contributed by atoms with van der Waals surface area (Å²) < 4.78 is 10.6. The van der Waals surface area contributed by atoms with Crippen molar-refractivity contribution in [1.29, 1.82) is 0 Å². The van der Waals surface area contributed by atoms with Crippen LogP contribution in [0.3, 0.4) is 0 Å². The first-order valence-electron chi connectivity index (χ1n) is 9.41. The van der Waals surface area contributed by atoms with E-state index in [1.54, 1.807) is 6.92 Å². The van der Waals surface area contributed by atoms with Crippen LogP contribution in [-0.2, 0) is 23.9 Å². The topological polar surface area (TPSA) is 102 Å². The van der Waals surface area contributed by atoms with E-state index in [0.717, 1.165) is 31.0 Å². The highest BCUT2D eigenvalue weighted by Crippen LogP contribution is 2.51. The Morgan fingerprint density at radius 3 is 2.93 bits per heavy atom. The zero-order valence-corrected chi connectivity index (χ0v) is 16.5. The van der Waals surface area contributed by atoms with Gasteiger partial charge in [0.05, 0.1) is 25.6 Å². The number of methoxy groups -OCH3 is 1. The molecule has 2 N–H and O–H groups in total. The maximum atomic E-state index is 13.3. The third-order valence-electron chi connectivity index (χ3n) is 6.12. The molecule has 150 valence electrons. The average Bonchev–Trinajstić information content (AvgIpc) is 3.17. The second kappa shape index (κ2) is 7.93. The molecule has 0 bridgehead atoms. The molecule has 2 fully saturated rings. The van der Waals surface area contributed by atoms with Gasteiger partial charge >= 0.3 is 5.97 Å². The SMILES string of the molecule is COC(=O)CCSC(=O)C1([C@@H](O)[C@@H]2C=CCCC2)NC(=O)[C@@H]2CCO[C@@]21C. The Morgan fingerprint density at radius 2 is 2.26 bits per heavy atom. The predicted octanol–water partition coefficient (Wildman–Crippen LogP) is 1.19.